The summed E-state index contributed by atoms with van der Waals surface area (Å²) in [6, 6.07) is 4.52. The zero-order chi connectivity index (χ0) is 10.3. The van der Waals surface area contributed by atoms with E-state index in [1.165, 1.54) is 21.7 Å². The smallest absolute Gasteiger partial charge is 0.0512 e. The summed E-state index contributed by atoms with van der Waals surface area (Å²) in [6.07, 6.45) is 0. The van der Waals surface area contributed by atoms with Gasteiger partial charge in [-0.3, -0.25) is 0 Å². The highest BCUT2D eigenvalue weighted by Crippen LogP contribution is 2.39. The van der Waals surface area contributed by atoms with Gasteiger partial charge in [0.25, 0.3) is 0 Å². The standard InChI is InChI=1S/C12H17NS/c1-8-5-9(2)11-10(6-8)14-7-12(3,4)13-11/h5-6,13H,7H2,1-4H3. The molecule has 76 valence electrons. The molecule has 2 heteroatoms. The van der Waals surface area contributed by atoms with Gasteiger partial charge in [0.15, 0.2) is 0 Å². The summed E-state index contributed by atoms with van der Waals surface area (Å²) in [4.78, 5) is 1.40. The first-order valence-corrected chi connectivity index (χ1v) is 5.99. The number of anilines is 1. The average molecular weight is 207 g/mol. The molecule has 0 saturated carbocycles. The normalized spacial score (nSPS) is 18.6. The van der Waals surface area contributed by atoms with Crippen LogP contribution in [0.25, 0.3) is 0 Å². The highest BCUT2D eigenvalue weighted by atomic mass is 32.2. The number of hydrogen-bond donors (Lipinski definition) is 1. The first-order valence-electron chi connectivity index (χ1n) is 5.00. The van der Waals surface area contributed by atoms with E-state index >= 15 is 0 Å². The Morgan fingerprint density at radius 2 is 2.00 bits per heavy atom. The maximum atomic E-state index is 3.61. The molecule has 0 saturated heterocycles. The van der Waals surface area contributed by atoms with E-state index in [4.69, 9.17) is 0 Å². The van der Waals surface area contributed by atoms with Gasteiger partial charge in [-0.2, -0.15) is 0 Å². The largest absolute Gasteiger partial charge is 0.378 e. The molecule has 14 heavy (non-hydrogen) atoms. The van der Waals surface area contributed by atoms with Crippen LogP contribution in [-0.2, 0) is 0 Å². The molecular weight excluding hydrogens is 190 g/mol. The molecule has 1 aromatic rings. The summed E-state index contributed by atoms with van der Waals surface area (Å²) in [6.45, 7) is 8.85. The fourth-order valence-corrected chi connectivity index (χ4v) is 3.05. The fraction of sp³-hybridized carbons (Fsp3) is 0.500. The predicted molar refractivity (Wildman–Crippen MR) is 64.3 cm³/mol. The molecule has 1 aliphatic heterocycles. The first-order chi connectivity index (χ1) is 6.48. The Kier molecular flexibility index (Phi) is 2.26. The topological polar surface area (TPSA) is 12.0 Å². The van der Waals surface area contributed by atoms with Gasteiger partial charge in [0.1, 0.15) is 0 Å². The van der Waals surface area contributed by atoms with Gasteiger partial charge >= 0.3 is 0 Å². The van der Waals surface area contributed by atoms with Gasteiger partial charge in [0.05, 0.1) is 5.69 Å². The second-order valence-electron chi connectivity index (χ2n) is 4.75. The van der Waals surface area contributed by atoms with E-state index < -0.39 is 0 Å². The van der Waals surface area contributed by atoms with E-state index in [0.29, 0.717) is 0 Å². The highest BCUT2D eigenvalue weighted by molar-refractivity contribution is 7.99. The third-order valence-corrected chi connectivity index (χ3v) is 3.99. The molecule has 0 atom stereocenters. The van der Waals surface area contributed by atoms with Crippen LogP contribution in [0.1, 0.15) is 25.0 Å². The third-order valence-electron chi connectivity index (χ3n) is 2.50. The van der Waals surface area contributed by atoms with Crippen molar-refractivity contribution < 1.29 is 0 Å². The van der Waals surface area contributed by atoms with E-state index in [-0.39, 0.29) is 5.54 Å². The minimum absolute atomic E-state index is 0.220. The van der Waals surface area contributed by atoms with E-state index in [9.17, 15) is 0 Å². The van der Waals surface area contributed by atoms with Gasteiger partial charge < -0.3 is 5.32 Å². The molecule has 0 bridgehead atoms. The van der Waals surface area contributed by atoms with Crippen molar-refractivity contribution in [2.75, 3.05) is 11.1 Å². The van der Waals surface area contributed by atoms with Crippen molar-refractivity contribution >= 4 is 17.4 Å². The van der Waals surface area contributed by atoms with Gasteiger partial charge in [-0.15, -0.1) is 11.8 Å². The van der Waals surface area contributed by atoms with E-state index in [0.717, 1.165) is 5.75 Å². The van der Waals surface area contributed by atoms with Crippen molar-refractivity contribution in [1.82, 2.24) is 0 Å². The average Bonchev–Trinajstić information content (AvgIpc) is 2.06. The summed E-state index contributed by atoms with van der Waals surface area (Å²) in [7, 11) is 0. The summed E-state index contributed by atoms with van der Waals surface area (Å²) in [5.74, 6) is 1.14. The van der Waals surface area contributed by atoms with Crippen LogP contribution < -0.4 is 5.32 Å². The van der Waals surface area contributed by atoms with Crippen molar-refractivity contribution in [3.8, 4) is 0 Å². The van der Waals surface area contributed by atoms with Crippen LogP contribution in [0.4, 0.5) is 5.69 Å². The fourth-order valence-electron chi connectivity index (χ4n) is 1.84. The van der Waals surface area contributed by atoms with Crippen LogP contribution in [0.2, 0.25) is 0 Å². The lowest BCUT2D eigenvalue weighted by atomic mass is 10.0. The quantitative estimate of drug-likeness (QED) is 0.697. The monoisotopic (exact) mass is 207 g/mol. The molecule has 1 aromatic carbocycles. The molecule has 0 radical (unpaired) electrons. The van der Waals surface area contributed by atoms with Gasteiger partial charge in [0, 0.05) is 16.2 Å². The zero-order valence-corrected chi connectivity index (χ0v) is 10.1. The number of aryl methyl sites for hydroxylation is 2. The summed E-state index contributed by atoms with van der Waals surface area (Å²) < 4.78 is 0. The molecule has 0 aromatic heterocycles. The van der Waals surface area contributed by atoms with Gasteiger partial charge in [0.2, 0.25) is 0 Å². The van der Waals surface area contributed by atoms with Crippen LogP contribution in [0.15, 0.2) is 17.0 Å². The van der Waals surface area contributed by atoms with Crippen LogP contribution in [0.5, 0.6) is 0 Å². The summed E-state index contributed by atoms with van der Waals surface area (Å²) in [5, 5.41) is 3.61. The molecule has 1 nitrogen and oxygen atoms in total. The highest BCUT2D eigenvalue weighted by Gasteiger charge is 2.25. The Morgan fingerprint density at radius 3 is 2.71 bits per heavy atom. The van der Waals surface area contributed by atoms with Gasteiger partial charge in [-0.05, 0) is 44.9 Å². The number of nitrogens with one attached hydrogen (secondary N) is 1. The zero-order valence-electron chi connectivity index (χ0n) is 9.27. The van der Waals surface area contributed by atoms with Gasteiger partial charge in [-0.1, -0.05) is 6.07 Å². The lowest BCUT2D eigenvalue weighted by molar-refractivity contribution is 0.636. The molecule has 0 unspecified atom stereocenters. The number of benzene rings is 1. The van der Waals surface area contributed by atoms with Crippen LogP contribution >= 0.6 is 11.8 Å². The Hall–Kier alpha value is -0.630. The minimum atomic E-state index is 0.220. The maximum absolute atomic E-state index is 3.61. The Labute approximate surface area is 90.3 Å². The van der Waals surface area contributed by atoms with Crippen molar-refractivity contribution in [2.45, 2.75) is 38.1 Å². The molecule has 0 spiro atoms. The number of rotatable bonds is 0. The molecule has 1 aliphatic rings. The second-order valence-corrected chi connectivity index (χ2v) is 5.77. The third kappa shape index (κ3) is 1.76. The van der Waals surface area contributed by atoms with E-state index in [1.54, 1.807) is 0 Å². The van der Waals surface area contributed by atoms with Crippen molar-refractivity contribution in [3.05, 3.63) is 23.3 Å². The SMILES string of the molecule is Cc1cc(C)c2c(c1)SCC(C)(C)N2. The van der Waals surface area contributed by atoms with E-state index in [2.05, 4.69) is 45.1 Å². The number of fused-ring (bicyclic) bond motifs is 1. The lowest BCUT2D eigenvalue weighted by Gasteiger charge is -2.34. The van der Waals surface area contributed by atoms with Crippen molar-refractivity contribution in [3.63, 3.8) is 0 Å². The lowest BCUT2D eigenvalue weighted by Crippen LogP contribution is -2.36. The van der Waals surface area contributed by atoms with Crippen molar-refractivity contribution in [2.24, 2.45) is 0 Å². The Morgan fingerprint density at radius 1 is 1.29 bits per heavy atom. The Balaban J connectivity index is 2.47. The van der Waals surface area contributed by atoms with E-state index in [1.807, 2.05) is 11.8 Å². The number of thioether (sulfide) groups is 1. The van der Waals surface area contributed by atoms with Crippen LogP contribution in [-0.4, -0.2) is 11.3 Å². The second kappa shape index (κ2) is 3.20. The molecular formula is C12H17NS. The first kappa shape index (κ1) is 9.91. The summed E-state index contributed by atoms with van der Waals surface area (Å²) >= 11 is 1.96. The van der Waals surface area contributed by atoms with Gasteiger partial charge in [-0.25, -0.2) is 0 Å². The molecule has 0 fully saturated rings. The molecule has 1 N–H and O–H groups in total. The minimum Gasteiger partial charge on any atom is -0.378 e. The van der Waals surface area contributed by atoms with Crippen molar-refractivity contribution in [1.29, 1.82) is 0 Å². The van der Waals surface area contributed by atoms with Crippen LogP contribution in [0.3, 0.4) is 0 Å². The van der Waals surface area contributed by atoms with Crippen LogP contribution in [0, 0.1) is 13.8 Å². The Bertz CT molecular complexity index is 369. The number of hydrogen-bond acceptors (Lipinski definition) is 2. The molecule has 2 rings (SSSR count). The predicted octanol–water partition coefficient (Wildman–Crippen LogP) is 3.60. The summed E-state index contributed by atoms with van der Waals surface area (Å²) in [5.41, 5.74) is 4.27. The maximum Gasteiger partial charge on any atom is 0.0512 e. The molecule has 0 amide bonds. The molecule has 1 heterocycles. The molecule has 0 aliphatic carbocycles.